The van der Waals surface area contributed by atoms with E-state index in [1.807, 2.05) is 30.5 Å². The Morgan fingerprint density at radius 2 is 1.71 bits per heavy atom. The van der Waals surface area contributed by atoms with Gasteiger partial charge in [0.1, 0.15) is 5.82 Å². The van der Waals surface area contributed by atoms with E-state index in [9.17, 15) is 9.18 Å². The molecule has 8 heteroatoms. The predicted molar refractivity (Wildman–Crippen MR) is 135 cm³/mol. The summed E-state index contributed by atoms with van der Waals surface area (Å²) >= 11 is 0. The van der Waals surface area contributed by atoms with Crippen molar-refractivity contribution in [3.63, 3.8) is 0 Å². The Morgan fingerprint density at radius 3 is 2.40 bits per heavy atom. The molecule has 0 fully saturated rings. The number of aromatic nitrogens is 1. The lowest BCUT2D eigenvalue weighted by atomic mass is 10.0. The molecule has 0 spiro atoms. The highest BCUT2D eigenvalue weighted by atomic mass is 19.1. The lowest BCUT2D eigenvalue weighted by Gasteiger charge is -2.18. The van der Waals surface area contributed by atoms with Crippen molar-refractivity contribution in [3.8, 4) is 17.2 Å². The molecule has 182 valence electrons. The molecule has 4 rings (SSSR count). The molecule has 1 heterocycles. The Bertz CT molecular complexity index is 1340. The number of anilines is 2. The number of carbonyl (C=O) groups excluding carboxylic acids is 1. The molecular formula is C27H28FN3O4. The van der Waals surface area contributed by atoms with E-state index in [0.717, 1.165) is 16.5 Å². The van der Waals surface area contributed by atoms with Gasteiger partial charge in [0.2, 0.25) is 5.75 Å². The van der Waals surface area contributed by atoms with Gasteiger partial charge in [-0.2, -0.15) is 0 Å². The van der Waals surface area contributed by atoms with Crippen LogP contribution in [0.1, 0.15) is 21.5 Å². The topological polar surface area (TPSA) is 84.6 Å². The molecule has 7 nitrogen and oxygen atoms in total. The first-order valence-corrected chi connectivity index (χ1v) is 11.2. The van der Waals surface area contributed by atoms with Gasteiger partial charge in [-0.15, -0.1) is 0 Å². The van der Waals surface area contributed by atoms with Gasteiger partial charge in [0.25, 0.3) is 5.91 Å². The number of fused-ring (bicyclic) bond motifs is 1. The highest BCUT2D eigenvalue weighted by Crippen LogP contribution is 2.41. The second-order valence-electron chi connectivity index (χ2n) is 8.05. The maximum atomic E-state index is 14.3. The predicted octanol–water partition coefficient (Wildman–Crippen LogP) is 5.36. The molecule has 1 aromatic heterocycles. The van der Waals surface area contributed by atoms with Crippen molar-refractivity contribution in [1.82, 2.24) is 10.3 Å². The van der Waals surface area contributed by atoms with Crippen molar-refractivity contribution >= 4 is 28.2 Å². The number of methoxy groups -OCH3 is 3. The number of ether oxygens (including phenoxy) is 3. The smallest absolute Gasteiger partial charge is 0.253 e. The zero-order valence-electron chi connectivity index (χ0n) is 20.1. The van der Waals surface area contributed by atoms with E-state index in [4.69, 9.17) is 14.2 Å². The Balaban J connectivity index is 1.57. The third-order valence-corrected chi connectivity index (χ3v) is 5.83. The molecule has 0 saturated heterocycles. The number of carbonyl (C=O) groups is 1. The molecule has 1 amide bonds. The number of hydrogen-bond donors (Lipinski definition) is 3. The summed E-state index contributed by atoms with van der Waals surface area (Å²) in [5.41, 5.74) is 3.94. The second-order valence-corrected chi connectivity index (χ2v) is 8.05. The molecule has 0 unspecified atom stereocenters. The minimum Gasteiger partial charge on any atom is -0.493 e. The molecule has 0 aliphatic heterocycles. The SMILES string of the molecule is COc1cc(Nc2cc(F)cc(C)c2C(=O)NCCc2c[nH]c3ccccc23)cc(OC)c1OC. The van der Waals surface area contributed by atoms with Crippen LogP contribution in [0.4, 0.5) is 15.8 Å². The maximum Gasteiger partial charge on any atom is 0.253 e. The van der Waals surface area contributed by atoms with Gasteiger partial charge in [-0.1, -0.05) is 18.2 Å². The maximum absolute atomic E-state index is 14.3. The molecule has 0 aliphatic carbocycles. The second kappa shape index (κ2) is 10.4. The van der Waals surface area contributed by atoms with Crippen LogP contribution in [0.3, 0.4) is 0 Å². The van der Waals surface area contributed by atoms with Crippen LogP contribution in [0.25, 0.3) is 10.9 Å². The number of halogens is 1. The number of benzene rings is 3. The highest BCUT2D eigenvalue weighted by Gasteiger charge is 2.19. The minimum absolute atomic E-state index is 0.294. The summed E-state index contributed by atoms with van der Waals surface area (Å²) in [5.74, 6) is 0.565. The molecule has 0 radical (unpaired) electrons. The number of nitrogens with one attached hydrogen (secondary N) is 3. The first kappa shape index (κ1) is 23.9. The van der Waals surface area contributed by atoms with Gasteiger partial charge in [0, 0.05) is 41.5 Å². The molecule has 0 saturated carbocycles. The van der Waals surface area contributed by atoms with E-state index in [0.29, 0.717) is 52.7 Å². The van der Waals surface area contributed by atoms with E-state index in [1.54, 1.807) is 19.1 Å². The summed E-state index contributed by atoms with van der Waals surface area (Å²) in [7, 11) is 4.54. The zero-order chi connectivity index (χ0) is 24.9. The monoisotopic (exact) mass is 477 g/mol. The van der Waals surface area contributed by atoms with Crippen LogP contribution in [0.2, 0.25) is 0 Å². The van der Waals surface area contributed by atoms with Crippen molar-refractivity contribution < 1.29 is 23.4 Å². The van der Waals surface area contributed by atoms with Crippen molar-refractivity contribution in [2.24, 2.45) is 0 Å². The average Bonchev–Trinajstić information content (AvgIpc) is 3.26. The van der Waals surface area contributed by atoms with Crippen LogP contribution >= 0.6 is 0 Å². The standard InChI is InChI=1S/C27H28FN3O4/c1-16-11-18(28)12-22(31-19-13-23(33-2)26(35-4)24(14-19)34-3)25(16)27(32)29-10-9-17-15-30-21-8-6-5-7-20(17)21/h5-8,11-15,30-31H,9-10H2,1-4H3,(H,29,32). The summed E-state index contributed by atoms with van der Waals surface area (Å²) in [6.07, 6.45) is 2.61. The Labute approximate surface area is 203 Å². The van der Waals surface area contributed by atoms with E-state index < -0.39 is 5.82 Å². The van der Waals surface area contributed by atoms with Crippen molar-refractivity contribution in [1.29, 1.82) is 0 Å². The normalized spacial score (nSPS) is 10.8. The Hall–Kier alpha value is -4.20. The number of para-hydroxylation sites is 1. The highest BCUT2D eigenvalue weighted by molar-refractivity contribution is 6.02. The third kappa shape index (κ3) is 5.01. The molecule has 0 atom stereocenters. The number of aromatic amines is 1. The Kier molecular flexibility index (Phi) is 7.10. The number of aryl methyl sites for hydroxylation is 1. The van der Waals surface area contributed by atoms with Crippen LogP contribution in [-0.2, 0) is 6.42 Å². The van der Waals surface area contributed by atoms with Gasteiger partial charge in [0.15, 0.2) is 11.5 Å². The molecular weight excluding hydrogens is 449 g/mol. The average molecular weight is 478 g/mol. The fraction of sp³-hybridized carbons (Fsp3) is 0.222. The molecule has 3 aromatic carbocycles. The van der Waals surface area contributed by atoms with Gasteiger partial charge in [-0.05, 0) is 42.7 Å². The summed E-state index contributed by atoms with van der Waals surface area (Å²) < 4.78 is 30.5. The number of hydrogen-bond acceptors (Lipinski definition) is 5. The molecule has 4 aromatic rings. The van der Waals surface area contributed by atoms with Gasteiger partial charge >= 0.3 is 0 Å². The van der Waals surface area contributed by atoms with Crippen LogP contribution < -0.4 is 24.8 Å². The summed E-state index contributed by atoms with van der Waals surface area (Å²) in [4.78, 5) is 16.4. The van der Waals surface area contributed by atoms with Crippen molar-refractivity contribution in [3.05, 3.63) is 77.2 Å². The van der Waals surface area contributed by atoms with Gasteiger partial charge in [-0.25, -0.2) is 4.39 Å². The number of amides is 1. The van der Waals surface area contributed by atoms with E-state index in [1.165, 1.54) is 33.5 Å². The van der Waals surface area contributed by atoms with Crippen LogP contribution in [0, 0.1) is 12.7 Å². The first-order chi connectivity index (χ1) is 16.9. The first-order valence-electron chi connectivity index (χ1n) is 11.2. The molecule has 35 heavy (non-hydrogen) atoms. The largest absolute Gasteiger partial charge is 0.493 e. The van der Waals surface area contributed by atoms with Gasteiger partial charge in [-0.3, -0.25) is 4.79 Å². The summed E-state index contributed by atoms with van der Waals surface area (Å²) in [6, 6.07) is 14.1. The van der Waals surface area contributed by atoms with Crippen molar-refractivity contribution in [2.45, 2.75) is 13.3 Å². The quantitative estimate of drug-likeness (QED) is 0.302. The number of rotatable bonds is 9. The van der Waals surface area contributed by atoms with Crippen LogP contribution in [-0.4, -0.2) is 38.8 Å². The lowest BCUT2D eigenvalue weighted by molar-refractivity contribution is 0.0954. The van der Waals surface area contributed by atoms with Crippen LogP contribution in [0.5, 0.6) is 17.2 Å². The number of H-pyrrole nitrogens is 1. The third-order valence-electron chi connectivity index (χ3n) is 5.83. The molecule has 0 bridgehead atoms. The van der Waals surface area contributed by atoms with Gasteiger partial charge in [0.05, 0.1) is 32.6 Å². The van der Waals surface area contributed by atoms with Gasteiger partial charge < -0.3 is 29.8 Å². The summed E-state index contributed by atoms with van der Waals surface area (Å²) in [6.45, 7) is 2.14. The fourth-order valence-electron chi connectivity index (χ4n) is 4.19. The zero-order valence-corrected chi connectivity index (χ0v) is 20.1. The molecule has 0 aliphatic rings. The molecule has 3 N–H and O–H groups in total. The minimum atomic E-state index is -0.451. The van der Waals surface area contributed by atoms with E-state index in [2.05, 4.69) is 15.6 Å². The van der Waals surface area contributed by atoms with Crippen LogP contribution in [0.15, 0.2) is 54.7 Å². The fourth-order valence-corrected chi connectivity index (χ4v) is 4.19. The van der Waals surface area contributed by atoms with E-state index >= 15 is 0 Å². The summed E-state index contributed by atoms with van der Waals surface area (Å²) in [5, 5.41) is 7.24. The van der Waals surface area contributed by atoms with Crippen molar-refractivity contribution in [2.75, 3.05) is 33.2 Å². The lowest BCUT2D eigenvalue weighted by Crippen LogP contribution is -2.27. The Morgan fingerprint density at radius 1 is 1.00 bits per heavy atom. The van der Waals surface area contributed by atoms with E-state index in [-0.39, 0.29) is 5.91 Å².